The van der Waals surface area contributed by atoms with Crippen molar-refractivity contribution < 1.29 is 23.4 Å². The Morgan fingerprint density at radius 3 is 2.08 bits per heavy atom. The van der Waals surface area contributed by atoms with E-state index in [0.717, 1.165) is 53.0 Å². The number of phenols is 1. The Kier molecular flexibility index (Phi) is 9.03. The van der Waals surface area contributed by atoms with Crippen LogP contribution in [0.2, 0.25) is 0 Å². The van der Waals surface area contributed by atoms with Crippen LogP contribution in [0, 0.1) is 32.4 Å². The summed E-state index contributed by atoms with van der Waals surface area (Å²) < 4.78 is 32.5. The van der Waals surface area contributed by atoms with Gasteiger partial charge in [0.25, 0.3) is 0 Å². The van der Waals surface area contributed by atoms with Gasteiger partial charge in [0.15, 0.2) is 0 Å². The highest BCUT2D eigenvalue weighted by molar-refractivity contribution is 5.81. The minimum Gasteiger partial charge on any atom is -0.507 e. The molecule has 1 saturated heterocycles. The zero-order valence-electron chi connectivity index (χ0n) is 23.4. The summed E-state index contributed by atoms with van der Waals surface area (Å²) in [7, 11) is 0. The molecule has 3 aromatic rings. The maximum atomic E-state index is 13.3. The van der Waals surface area contributed by atoms with Crippen molar-refractivity contribution in [2.45, 2.75) is 65.6 Å². The largest absolute Gasteiger partial charge is 0.507 e. The van der Waals surface area contributed by atoms with Crippen LogP contribution in [0.15, 0.2) is 48.5 Å². The molecule has 2 aliphatic heterocycles. The van der Waals surface area contributed by atoms with Gasteiger partial charge in [0.1, 0.15) is 28.9 Å². The summed E-state index contributed by atoms with van der Waals surface area (Å²) in [4.78, 5) is 13.9. The lowest BCUT2D eigenvalue weighted by Crippen LogP contribution is -2.54. The van der Waals surface area contributed by atoms with E-state index in [2.05, 4.69) is 17.1 Å². The molecule has 0 radical (unpaired) electrons. The lowest BCUT2D eigenvalue weighted by atomic mass is 9.92. The van der Waals surface area contributed by atoms with E-state index >= 15 is 0 Å². The Balaban J connectivity index is 0.000000202. The fraction of sp³-hybridized carbons (Fsp3) is 0.406. The molecule has 0 spiro atoms. The normalized spacial score (nSPS) is 19.1. The number of aromatic hydroxyl groups is 1. The number of benzene rings is 3. The number of halogens is 2. The first kappa shape index (κ1) is 28.7. The van der Waals surface area contributed by atoms with Gasteiger partial charge in [0.05, 0.1) is 18.2 Å². The molecule has 39 heavy (non-hydrogen) atoms. The van der Waals surface area contributed by atoms with Crippen LogP contribution in [0.4, 0.5) is 8.78 Å². The second-order valence-corrected chi connectivity index (χ2v) is 10.6. The third-order valence-electron chi connectivity index (χ3n) is 7.89. The van der Waals surface area contributed by atoms with Crippen molar-refractivity contribution in [2.24, 2.45) is 0 Å². The average Bonchev–Trinajstić information content (AvgIpc) is 2.93. The van der Waals surface area contributed by atoms with Gasteiger partial charge in [-0.25, -0.2) is 8.78 Å². The minimum absolute atomic E-state index is 0.0941. The highest BCUT2D eigenvalue weighted by Crippen LogP contribution is 2.40. The van der Waals surface area contributed by atoms with Crippen molar-refractivity contribution in [3.05, 3.63) is 93.5 Å². The zero-order valence-corrected chi connectivity index (χ0v) is 23.4. The second-order valence-electron chi connectivity index (χ2n) is 10.6. The Labute approximate surface area is 229 Å². The molecule has 0 aliphatic carbocycles. The Morgan fingerprint density at radius 1 is 0.974 bits per heavy atom. The molecule has 2 aliphatic rings. The van der Waals surface area contributed by atoms with Gasteiger partial charge >= 0.3 is 0 Å². The van der Waals surface area contributed by atoms with Crippen molar-refractivity contribution in [3.8, 4) is 11.5 Å². The predicted molar refractivity (Wildman–Crippen MR) is 149 cm³/mol. The Bertz CT molecular complexity index is 1260. The van der Waals surface area contributed by atoms with E-state index in [4.69, 9.17) is 4.74 Å². The smallest absolute Gasteiger partial charge is 0.147 e. The number of hydrogen-bond acceptors (Lipinski definition) is 5. The number of fused-ring (bicyclic) bond motifs is 1. The number of carbonyl (C=O) groups is 1. The summed E-state index contributed by atoms with van der Waals surface area (Å²) in [5.74, 6) is 0.944. The van der Waals surface area contributed by atoms with E-state index in [1.807, 2.05) is 20.8 Å². The quantitative estimate of drug-likeness (QED) is 0.432. The first-order chi connectivity index (χ1) is 18.6. The van der Waals surface area contributed by atoms with Gasteiger partial charge in [0, 0.05) is 25.2 Å². The number of phenolic OH excluding ortho intramolecular Hbond substituents is 1. The van der Waals surface area contributed by atoms with Gasteiger partial charge in [-0.1, -0.05) is 24.3 Å². The van der Waals surface area contributed by atoms with Gasteiger partial charge < -0.3 is 15.2 Å². The zero-order chi connectivity index (χ0) is 28.3. The van der Waals surface area contributed by atoms with Gasteiger partial charge in [-0.3, -0.25) is 9.69 Å². The molecule has 5 nitrogen and oxygen atoms in total. The van der Waals surface area contributed by atoms with E-state index in [0.29, 0.717) is 24.9 Å². The monoisotopic (exact) mass is 536 g/mol. The third kappa shape index (κ3) is 6.48. The van der Waals surface area contributed by atoms with Crippen LogP contribution in [0.5, 0.6) is 11.5 Å². The molecule has 3 aromatic carbocycles. The molecular weight excluding hydrogens is 498 g/mol. The highest BCUT2D eigenvalue weighted by atomic mass is 19.1. The minimum atomic E-state index is -0.293. The number of Topliss-reactive ketones (excluding diaryl/α,β-unsaturated/α-hetero) is 1. The van der Waals surface area contributed by atoms with Gasteiger partial charge in [-0.15, -0.1) is 0 Å². The van der Waals surface area contributed by atoms with Crippen molar-refractivity contribution >= 4 is 5.78 Å². The van der Waals surface area contributed by atoms with Gasteiger partial charge in [0.2, 0.25) is 0 Å². The third-order valence-corrected chi connectivity index (χ3v) is 7.89. The number of piperazine rings is 1. The molecular formula is C32H38F2N2O3. The van der Waals surface area contributed by atoms with Crippen LogP contribution in [0.25, 0.3) is 0 Å². The lowest BCUT2D eigenvalue weighted by molar-refractivity contribution is -0.120. The van der Waals surface area contributed by atoms with Crippen LogP contribution in [0.3, 0.4) is 0 Å². The van der Waals surface area contributed by atoms with E-state index in [1.165, 1.54) is 29.8 Å². The van der Waals surface area contributed by atoms with Gasteiger partial charge in [-0.2, -0.15) is 0 Å². The fourth-order valence-corrected chi connectivity index (χ4v) is 5.42. The molecule has 0 bridgehead atoms. The predicted octanol–water partition coefficient (Wildman–Crippen LogP) is 5.95. The molecule has 7 heteroatoms. The molecule has 0 saturated carbocycles. The molecule has 2 heterocycles. The summed E-state index contributed by atoms with van der Waals surface area (Å²) in [6.45, 7) is 11.6. The average molecular weight is 537 g/mol. The van der Waals surface area contributed by atoms with Crippen molar-refractivity contribution in [1.29, 1.82) is 0 Å². The Hall–Kier alpha value is -3.29. The molecule has 2 atom stereocenters. The number of nitrogens with one attached hydrogen (secondary N) is 1. The first-order valence-corrected chi connectivity index (χ1v) is 13.5. The van der Waals surface area contributed by atoms with Crippen molar-refractivity contribution in [3.63, 3.8) is 0 Å². The lowest BCUT2D eigenvalue weighted by Gasteiger charge is -2.38. The van der Waals surface area contributed by atoms with Crippen molar-refractivity contribution in [2.75, 3.05) is 19.6 Å². The molecule has 2 N–H and O–H groups in total. The number of ether oxygens (including phenoxy) is 1. The number of ketones is 1. The maximum Gasteiger partial charge on any atom is 0.147 e. The number of rotatable bonds is 4. The van der Waals surface area contributed by atoms with E-state index in [9.17, 15) is 18.7 Å². The first-order valence-electron chi connectivity index (χ1n) is 13.5. The molecule has 208 valence electrons. The summed E-state index contributed by atoms with van der Waals surface area (Å²) in [6.07, 6.45) is 2.34. The van der Waals surface area contributed by atoms with E-state index < -0.39 is 0 Å². The van der Waals surface area contributed by atoms with E-state index in [-0.39, 0.29) is 29.5 Å². The SMILES string of the molecule is CC(=O)C1CN(C(c2ccc(F)cc2)c2ccc(F)cc2)CCN1.Cc1c(C)c2c(c(C)c1O)CCC(C)O2. The summed E-state index contributed by atoms with van der Waals surface area (Å²) in [5, 5.41) is 13.2. The molecule has 1 fully saturated rings. The standard InChI is InChI=1S/C19H20F2N2O.C13H18O2/c1-13(24)18-12-23(11-10-22-18)19(14-2-6-16(20)7-3-14)15-4-8-17(21)9-5-15;1-7-5-6-11-10(4)12(14)8(2)9(3)13(11)15-7/h2-9,18-19,22H,10-12H2,1H3;7,14H,5-6H2,1-4H3. The fourth-order valence-electron chi connectivity index (χ4n) is 5.42. The topological polar surface area (TPSA) is 61.8 Å². The van der Waals surface area contributed by atoms with Crippen LogP contribution < -0.4 is 10.1 Å². The van der Waals surface area contributed by atoms with Gasteiger partial charge in [-0.05, 0) is 99.5 Å². The summed E-state index contributed by atoms with van der Waals surface area (Å²) >= 11 is 0. The summed E-state index contributed by atoms with van der Waals surface area (Å²) in [5.41, 5.74) is 6.05. The van der Waals surface area contributed by atoms with E-state index in [1.54, 1.807) is 31.2 Å². The van der Waals surface area contributed by atoms with Crippen LogP contribution >= 0.6 is 0 Å². The molecule has 0 amide bonds. The van der Waals surface area contributed by atoms with Crippen molar-refractivity contribution in [1.82, 2.24) is 10.2 Å². The number of carbonyl (C=O) groups excluding carboxylic acids is 1. The van der Waals surface area contributed by atoms with Crippen LogP contribution in [-0.4, -0.2) is 47.6 Å². The highest BCUT2D eigenvalue weighted by Gasteiger charge is 2.30. The van der Waals surface area contributed by atoms with Crippen LogP contribution in [0.1, 0.15) is 59.7 Å². The Morgan fingerprint density at radius 2 is 1.54 bits per heavy atom. The summed E-state index contributed by atoms with van der Waals surface area (Å²) in [6, 6.07) is 12.3. The second kappa shape index (κ2) is 12.3. The van der Waals surface area contributed by atoms with Crippen LogP contribution in [-0.2, 0) is 11.2 Å². The molecule has 2 unspecified atom stereocenters. The number of hydrogen-bond donors (Lipinski definition) is 2. The number of nitrogens with zero attached hydrogens (tertiary/aromatic N) is 1. The molecule has 5 rings (SSSR count). The molecule has 0 aromatic heterocycles. The maximum absolute atomic E-state index is 13.3.